The molecule has 0 spiro atoms. The summed E-state index contributed by atoms with van der Waals surface area (Å²) in [5.41, 5.74) is -1.69. The summed E-state index contributed by atoms with van der Waals surface area (Å²) < 4.78 is 67.9. The number of aliphatic hydroxyl groups is 1. The van der Waals surface area contributed by atoms with Crippen molar-refractivity contribution in [3.05, 3.63) is 70.5 Å². The van der Waals surface area contributed by atoms with Crippen LogP contribution in [-0.4, -0.2) is 42.7 Å². The third kappa shape index (κ3) is 5.76. The van der Waals surface area contributed by atoms with Crippen LogP contribution in [0.2, 0.25) is 5.02 Å². The maximum atomic E-state index is 13.8. The lowest BCUT2D eigenvalue weighted by Gasteiger charge is -2.42. The largest absolute Gasteiger partial charge is 0.387 e. The van der Waals surface area contributed by atoms with Crippen molar-refractivity contribution in [1.29, 1.82) is 0 Å². The maximum Gasteiger partial charge on any atom is 0.255 e. The first-order valence-electron chi connectivity index (χ1n) is 13.5. The number of hydrogen-bond donors (Lipinski definition) is 3. The molecule has 3 atom stereocenters. The van der Waals surface area contributed by atoms with Gasteiger partial charge in [-0.25, -0.2) is 21.6 Å². The number of benzene rings is 2. The summed E-state index contributed by atoms with van der Waals surface area (Å²) in [4.78, 5) is 25.2. The van der Waals surface area contributed by atoms with Gasteiger partial charge in [0, 0.05) is 35.8 Å². The molecule has 2 amide bonds. The molecular weight excluding hydrogens is 581 g/mol. The minimum atomic E-state index is -4.05. The van der Waals surface area contributed by atoms with Gasteiger partial charge in [-0.15, -0.1) is 0 Å². The van der Waals surface area contributed by atoms with Crippen molar-refractivity contribution in [2.45, 2.75) is 60.7 Å². The Kier molecular flexibility index (Phi) is 8.24. The Balaban J connectivity index is 1.30. The number of sulfone groups is 1. The van der Waals surface area contributed by atoms with Gasteiger partial charge in [0.1, 0.15) is 0 Å². The van der Waals surface area contributed by atoms with Crippen LogP contribution in [0.1, 0.15) is 55.3 Å². The lowest BCUT2D eigenvalue weighted by Crippen LogP contribution is -2.55. The van der Waals surface area contributed by atoms with Crippen LogP contribution >= 0.6 is 11.6 Å². The Labute approximate surface area is 241 Å². The van der Waals surface area contributed by atoms with Crippen molar-refractivity contribution in [1.82, 2.24) is 5.32 Å². The first-order valence-corrected chi connectivity index (χ1v) is 15.5. The number of hydrogen-bond acceptors (Lipinski definition) is 5. The minimum absolute atomic E-state index is 0.0646. The molecule has 3 aliphatic carbocycles. The van der Waals surface area contributed by atoms with Gasteiger partial charge in [0.15, 0.2) is 27.3 Å². The summed E-state index contributed by atoms with van der Waals surface area (Å²) in [6.07, 6.45) is 7.84. The van der Waals surface area contributed by atoms with Crippen molar-refractivity contribution >= 4 is 38.9 Å². The highest BCUT2D eigenvalue weighted by Crippen LogP contribution is 2.52. The molecule has 0 radical (unpaired) electrons. The van der Waals surface area contributed by atoms with E-state index < -0.39 is 44.0 Å². The first-order chi connectivity index (χ1) is 19.4. The second-order valence-electron chi connectivity index (χ2n) is 11.2. The molecule has 3 unspecified atom stereocenters. The van der Waals surface area contributed by atoms with E-state index in [1.807, 2.05) is 12.2 Å². The van der Waals surface area contributed by atoms with Crippen LogP contribution in [0, 0.1) is 35.2 Å². The molecule has 12 heteroatoms. The zero-order valence-electron chi connectivity index (χ0n) is 22.0. The zero-order chi connectivity index (χ0) is 29.5. The van der Waals surface area contributed by atoms with Gasteiger partial charge in [-0.05, 0) is 75.0 Å². The number of anilines is 1. The van der Waals surface area contributed by atoms with Crippen molar-refractivity contribution in [3.8, 4) is 0 Å². The number of carbonyl (C=O) groups is 2. The van der Waals surface area contributed by atoms with Crippen molar-refractivity contribution < 1.29 is 36.3 Å². The number of amides is 2. The number of halogens is 4. The Bertz CT molecular complexity index is 1480. The highest BCUT2D eigenvalue weighted by atomic mass is 35.5. The van der Waals surface area contributed by atoms with Crippen LogP contribution in [0.25, 0.3) is 0 Å². The third-order valence-electron chi connectivity index (χ3n) is 8.74. The van der Waals surface area contributed by atoms with Gasteiger partial charge < -0.3 is 15.7 Å². The normalized spacial score (nSPS) is 27.4. The summed E-state index contributed by atoms with van der Waals surface area (Å²) >= 11 is 6.27. The average Bonchev–Trinajstić information content (AvgIpc) is 3.10. The topological polar surface area (TPSA) is 113 Å². The van der Waals surface area contributed by atoms with Gasteiger partial charge in [-0.3, -0.25) is 9.59 Å². The summed E-state index contributed by atoms with van der Waals surface area (Å²) in [6.45, 7) is 0.0646. The molecule has 2 fully saturated rings. The number of nitrogens with one attached hydrogen (secondary N) is 2. The smallest absolute Gasteiger partial charge is 0.255 e. The molecule has 3 aliphatic rings. The maximum absolute atomic E-state index is 13.8. The van der Waals surface area contributed by atoms with E-state index in [0.29, 0.717) is 31.4 Å². The van der Waals surface area contributed by atoms with E-state index in [4.69, 9.17) is 11.6 Å². The first kappa shape index (κ1) is 29.6. The average molecular weight is 611 g/mol. The van der Waals surface area contributed by atoms with E-state index in [0.717, 1.165) is 18.9 Å². The van der Waals surface area contributed by atoms with Gasteiger partial charge >= 0.3 is 0 Å². The molecule has 5 rings (SSSR count). The molecule has 0 heterocycles. The van der Waals surface area contributed by atoms with Crippen LogP contribution in [0.5, 0.6) is 0 Å². The lowest BCUT2D eigenvalue weighted by molar-refractivity contribution is -0.128. The fraction of sp³-hybridized carbons (Fsp3) is 0.448. The predicted octanol–water partition coefficient (Wildman–Crippen LogP) is 5.18. The molecule has 3 N–H and O–H groups in total. The lowest BCUT2D eigenvalue weighted by atomic mass is 9.74. The Morgan fingerprint density at radius 1 is 1.00 bits per heavy atom. The van der Waals surface area contributed by atoms with Crippen molar-refractivity contribution in [2.75, 3.05) is 11.9 Å². The summed E-state index contributed by atoms with van der Waals surface area (Å²) in [6, 6.07) is 4.83. The third-order valence-corrected chi connectivity index (χ3v) is 11.4. The minimum Gasteiger partial charge on any atom is -0.387 e. The standard InChI is InChI=1S/C29H30ClF3N2O5S/c30-22-9-6-17(28(37)35-20-13-23(31)26(33)24(32)14-20)10-25(22)41(39,40)21-11-18-7-8-19(12-21)29(18,38)15-34-27(36)16-4-2-1-3-5-16/h1-2,6,9-10,13-14,16,18-19,21,38H,3-5,7-8,11-12,15H2,(H,34,36)(H,35,37). The van der Waals surface area contributed by atoms with E-state index in [2.05, 4.69) is 10.6 Å². The Morgan fingerprint density at radius 3 is 2.27 bits per heavy atom. The Hall–Kier alpha value is -2.89. The zero-order valence-corrected chi connectivity index (χ0v) is 23.6. The van der Waals surface area contributed by atoms with E-state index in [-0.39, 0.29) is 64.2 Å². The molecule has 0 aromatic heterocycles. The summed E-state index contributed by atoms with van der Waals surface area (Å²) in [7, 11) is -4.05. The van der Waals surface area contributed by atoms with Gasteiger partial charge in [0.05, 0.1) is 20.8 Å². The van der Waals surface area contributed by atoms with Crippen LogP contribution in [0.15, 0.2) is 47.4 Å². The highest BCUT2D eigenvalue weighted by Gasteiger charge is 2.55. The molecule has 0 aliphatic heterocycles. The SMILES string of the molecule is O=C(Nc1cc(F)c(F)c(F)c1)c1ccc(Cl)c(S(=O)(=O)C2CC3CCC(C2)C3(O)CNC(=O)C2CC=CCC2)c1. The van der Waals surface area contributed by atoms with Crippen LogP contribution in [-0.2, 0) is 14.6 Å². The molecule has 220 valence electrons. The van der Waals surface area contributed by atoms with Gasteiger partial charge in [-0.2, -0.15) is 0 Å². The summed E-state index contributed by atoms with van der Waals surface area (Å²) in [5, 5.41) is 15.7. The molecule has 2 aromatic rings. The van der Waals surface area contributed by atoms with Crippen LogP contribution < -0.4 is 10.6 Å². The van der Waals surface area contributed by atoms with E-state index in [9.17, 15) is 36.3 Å². The monoisotopic (exact) mass is 610 g/mol. The van der Waals surface area contributed by atoms with E-state index in [1.54, 1.807) is 0 Å². The van der Waals surface area contributed by atoms with E-state index in [1.165, 1.54) is 12.1 Å². The molecule has 41 heavy (non-hydrogen) atoms. The van der Waals surface area contributed by atoms with Crippen LogP contribution in [0.3, 0.4) is 0 Å². The number of allylic oxidation sites excluding steroid dienone is 2. The number of carbonyl (C=O) groups excluding carboxylic acids is 2. The molecule has 2 bridgehead atoms. The molecule has 0 saturated heterocycles. The molecule has 7 nitrogen and oxygen atoms in total. The van der Waals surface area contributed by atoms with Gasteiger partial charge in [0.2, 0.25) is 5.91 Å². The van der Waals surface area contributed by atoms with Gasteiger partial charge in [-0.1, -0.05) is 23.8 Å². The highest BCUT2D eigenvalue weighted by molar-refractivity contribution is 7.92. The molecule has 2 saturated carbocycles. The predicted molar refractivity (Wildman–Crippen MR) is 147 cm³/mol. The fourth-order valence-corrected chi connectivity index (χ4v) is 8.83. The van der Waals surface area contributed by atoms with Crippen LogP contribution in [0.4, 0.5) is 18.9 Å². The second-order valence-corrected chi connectivity index (χ2v) is 13.8. The Morgan fingerprint density at radius 2 is 1.66 bits per heavy atom. The fourth-order valence-electron chi connectivity index (χ4n) is 6.43. The number of fused-ring (bicyclic) bond motifs is 2. The van der Waals surface area contributed by atoms with Crippen molar-refractivity contribution in [3.63, 3.8) is 0 Å². The molecular formula is C29H30ClF3N2O5S. The number of rotatable bonds is 7. The quantitative estimate of drug-likeness (QED) is 0.296. The second kappa shape index (κ2) is 11.4. The summed E-state index contributed by atoms with van der Waals surface area (Å²) in [5.74, 6) is -6.46. The van der Waals surface area contributed by atoms with E-state index >= 15 is 0 Å². The van der Waals surface area contributed by atoms with Crippen molar-refractivity contribution in [2.24, 2.45) is 17.8 Å². The van der Waals surface area contributed by atoms with Gasteiger partial charge in [0.25, 0.3) is 5.91 Å². The molecule has 2 aromatic carbocycles.